The van der Waals surface area contributed by atoms with Crippen molar-refractivity contribution in [3.8, 4) is 0 Å². The van der Waals surface area contributed by atoms with E-state index >= 15 is 0 Å². The summed E-state index contributed by atoms with van der Waals surface area (Å²) in [6.45, 7) is 7.57. The fraction of sp³-hybridized carbons (Fsp3) is 0.440. The quantitative estimate of drug-likeness (QED) is 0.406. The highest BCUT2D eigenvalue weighted by atomic mass is 79.9. The number of anilines is 1. The van der Waals surface area contributed by atoms with Gasteiger partial charge in [-0.25, -0.2) is 8.42 Å². The zero-order chi connectivity index (χ0) is 26.3. The maximum absolute atomic E-state index is 13.3. The molecule has 1 N–H and O–H groups in total. The van der Waals surface area contributed by atoms with E-state index in [1.54, 1.807) is 32.0 Å². The van der Waals surface area contributed by atoms with Gasteiger partial charge in [0.25, 0.3) is 0 Å². The van der Waals surface area contributed by atoms with Crippen LogP contribution >= 0.6 is 27.5 Å². The molecule has 0 unspecified atom stereocenters. The number of amides is 2. The maximum Gasteiger partial charge on any atom is 0.242 e. The van der Waals surface area contributed by atoms with Gasteiger partial charge in [0.15, 0.2) is 0 Å². The van der Waals surface area contributed by atoms with Gasteiger partial charge in [-0.2, -0.15) is 0 Å². The molecule has 0 saturated carbocycles. The topological polar surface area (TPSA) is 86.8 Å². The molecular formula is C25H33BrClN3O4S. The largest absolute Gasteiger partial charge is 0.352 e. The fourth-order valence-electron chi connectivity index (χ4n) is 3.62. The molecule has 0 bridgehead atoms. The molecule has 10 heteroatoms. The van der Waals surface area contributed by atoms with Crippen LogP contribution in [0, 0.1) is 6.92 Å². The van der Waals surface area contributed by atoms with Crippen molar-refractivity contribution in [3.05, 3.63) is 63.1 Å². The highest BCUT2D eigenvalue weighted by Crippen LogP contribution is 2.28. The SMILES string of the molecule is Cc1c(Cl)cccc1N(CCCC(=O)N(Cc1ccc(Br)cc1)[C@@H](C)C(=O)NC(C)C)S(C)(=O)=O. The number of benzene rings is 2. The summed E-state index contributed by atoms with van der Waals surface area (Å²) in [6, 6.07) is 11.9. The lowest BCUT2D eigenvalue weighted by Gasteiger charge is -2.30. The minimum Gasteiger partial charge on any atom is -0.352 e. The first kappa shape index (κ1) is 29.1. The molecule has 7 nitrogen and oxygen atoms in total. The maximum atomic E-state index is 13.3. The first-order valence-electron chi connectivity index (χ1n) is 11.4. The van der Waals surface area contributed by atoms with Crippen LogP contribution in [-0.4, -0.2) is 50.0 Å². The van der Waals surface area contributed by atoms with Crippen LogP contribution in [0.2, 0.25) is 5.02 Å². The summed E-state index contributed by atoms with van der Waals surface area (Å²) in [4.78, 5) is 27.5. The molecule has 0 aromatic heterocycles. The zero-order valence-electron chi connectivity index (χ0n) is 20.7. The van der Waals surface area contributed by atoms with Crippen molar-refractivity contribution < 1.29 is 18.0 Å². The molecule has 1 atom stereocenters. The lowest BCUT2D eigenvalue weighted by atomic mass is 10.1. The number of hydrogen-bond donors (Lipinski definition) is 1. The highest BCUT2D eigenvalue weighted by Gasteiger charge is 2.27. The van der Waals surface area contributed by atoms with Crippen LogP contribution in [0.3, 0.4) is 0 Å². The van der Waals surface area contributed by atoms with E-state index in [-0.39, 0.29) is 43.8 Å². The second kappa shape index (κ2) is 12.7. The minimum atomic E-state index is -3.59. The van der Waals surface area contributed by atoms with E-state index in [0.29, 0.717) is 16.3 Å². The van der Waals surface area contributed by atoms with Crippen LogP contribution in [0.15, 0.2) is 46.9 Å². The molecule has 0 aliphatic carbocycles. The highest BCUT2D eigenvalue weighted by molar-refractivity contribution is 9.10. The van der Waals surface area contributed by atoms with E-state index in [1.807, 2.05) is 38.1 Å². The van der Waals surface area contributed by atoms with Crippen molar-refractivity contribution >= 4 is 55.1 Å². The second-order valence-corrected chi connectivity index (χ2v) is 12.0. The molecule has 192 valence electrons. The summed E-state index contributed by atoms with van der Waals surface area (Å²) in [5.74, 6) is -0.464. The standard InChI is InChI=1S/C25H33BrClN3O4S/c1-17(2)28-25(32)19(4)29(16-20-11-13-21(26)14-12-20)24(31)10-7-15-30(35(5,33)34)23-9-6-8-22(27)18(23)3/h6,8-9,11-14,17,19H,7,10,15-16H2,1-5H3,(H,28,32)/t19-/m0/s1. The number of sulfonamides is 1. The van der Waals surface area contributed by atoms with Crippen molar-refractivity contribution in [2.45, 2.75) is 59.2 Å². The number of carbonyl (C=O) groups excluding carboxylic acids is 2. The molecule has 2 aromatic carbocycles. The van der Waals surface area contributed by atoms with Crippen LogP contribution < -0.4 is 9.62 Å². The van der Waals surface area contributed by atoms with E-state index in [1.165, 1.54) is 9.21 Å². The third-order valence-corrected chi connectivity index (χ3v) is 7.64. The van der Waals surface area contributed by atoms with Crippen molar-refractivity contribution in [2.24, 2.45) is 0 Å². The molecule has 2 amide bonds. The number of halogens is 2. The van der Waals surface area contributed by atoms with Crippen LogP contribution in [0.4, 0.5) is 5.69 Å². The molecule has 0 aliphatic heterocycles. The Labute approximate surface area is 222 Å². The average molecular weight is 587 g/mol. The van der Waals surface area contributed by atoms with Gasteiger partial charge in [-0.15, -0.1) is 0 Å². The minimum absolute atomic E-state index is 0.0566. The number of hydrogen-bond acceptors (Lipinski definition) is 4. The predicted molar refractivity (Wildman–Crippen MR) is 145 cm³/mol. The van der Waals surface area contributed by atoms with E-state index in [2.05, 4.69) is 21.2 Å². The van der Waals surface area contributed by atoms with Crippen molar-refractivity contribution in [1.29, 1.82) is 0 Å². The summed E-state index contributed by atoms with van der Waals surface area (Å²) in [7, 11) is -3.59. The third kappa shape index (κ3) is 8.51. The Morgan fingerprint density at radius 1 is 1.09 bits per heavy atom. The van der Waals surface area contributed by atoms with Crippen LogP contribution in [-0.2, 0) is 26.2 Å². The van der Waals surface area contributed by atoms with Gasteiger partial charge in [0, 0.05) is 35.0 Å². The van der Waals surface area contributed by atoms with Crippen LogP contribution in [0.5, 0.6) is 0 Å². The van der Waals surface area contributed by atoms with E-state index in [4.69, 9.17) is 11.6 Å². The smallest absolute Gasteiger partial charge is 0.242 e. The number of nitrogens with one attached hydrogen (secondary N) is 1. The first-order valence-corrected chi connectivity index (χ1v) is 14.4. The van der Waals surface area contributed by atoms with Gasteiger partial charge in [-0.1, -0.05) is 45.7 Å². The average Bonchev–Trinajstić information content (AvgIpc) is 2.76. The van der Waals surface area contributed by atoms with Gasteiger partial charge < -0.3 is 10.2 Å². The molecule has 2 aromatic rings. The molecule has 0 fully saturated rings. The van der Waals surface area contributed by atoms with Gasteiger partial charge >= 0.3 is 0 Å². The predicted octanol–water partition coefficient (Wildman–Crippen LogP) is 4.90. The Kier molecular flexibility index (Phi) is 10.6. The molecule has 0 heterocycles. The van der Waals surface area contributed by atoms with Gasteiger partial charge in [0.05, 0.1) is 11.9 Å². The normalized spacial score (nSPS) is 12.3. The molecule has 35 heavy (non-hydrogen) atoms. The van der Waals surface area contributed by atoms with Crippen molar-refractivity contribution in [1.82, 2.24) is 10.2 Å². The molecule has 0 spiro atoms. The molecule has 0 aliphatic rings. The van der Waals surface area contributed by atoms with Crippen LogP contribution in [0.1, 0.15) is 44.7 Å². The van der Waals surface area contributed by atoms with Gasteiger partial charge in [-0.3, -0.25) is 13.9 Å². The number of nitrogens with zero attached hydrogens (tertiary/aromatic N) is 2. The monoisotopic (exact) mass is 585 g/mol. The van der Waals surface area contributed by atoms with E-state index in [0.717, 1.165) is 16.3 Å². The second-order valence-electron chi connectivity index (χ2n) is 8.81. The van der Waals surface area contributed by atoms with Gasteiger partial charge in [0.1, 0.15) is 6.04 Å². The van der Waals surface area contributed by atoms with E-state index < -0.39 is 16.1 Å². The van der Waals surface area contributed by atoms with Gasteiger partial charge in [-0.05, 0) is 69.5 Å². The lowest BCUT2D eigenvalue weighted by Crippen LogP contribution is -2.49. The summed E-state index contributed by atoms with van der Waals surface area (Å²) in [5, 5.41) is 3.33. The molecule has 0 saturated heterocycles. The Balaban J connectivity index is 2.20. The Bertz CT molecular complexity index is 1140. The first-order chi connectivity index (χ1) is 16.3. The third-order valence-electron chi connectivity index (χ3n) is 5.52. The molecule has 0 radical (unpaired) electrons. The van der Waals surface area contributed by atoms with E-state index in [9.17, 15) is 18.0 Å². The van der Waals surface area contributed by atoms with Crippen molar-refractivity contribution in [2.75, 3.05) is 17.1 Å². The Morgan fingerprint density at radius 2 is 1.71 bits per heavy atom. The van der Waals surface area contributed by atoms with Crippen LogP contribution in [0.25, 0.3) is 0 Å². The Hall–Kier alpha value is -2.10. The summed E-state index contributed by atoms with van der Waals surface area (Å²) in [6.07, 6.45) is 1.50. The number of carbonyl (C=O) groups is 2. The summed E-state index contributed by atoms with van der Waals surface area (Å²) >= 11 is 9.60. The van der Waals surface area contributed by atoms with Crippen molar-refractivity contribution in [3.63, 3.8) is 0 Å². The summed E-state index contributed by atoms with van der Waals surface area (Å²) in [5.41, 5.74) is 2.03. The Morgan fingerprint density at radius 3 is 2.29 bits per heavy atom. The lowest BCUT2D eigenvalue weighted by molar-refractivity contribution is -0.140. The zero-order valence-corrected chi connectivity index (χ0v) is 23.9. The summed E-state index contributed by atoms with van der Waals surface area (Å²) < 4.78 is 27.2. The molecule has 2 rings (SSSR count). The fourth-order valence-corrected chi connectivity index (χ4v) is 5.07. The number of rotatable bonds is 11. The van der Waals surface area contributed by atoms with Gasteiger partial charge in [0.2, 0.25) is 21.8 Å². The molecular weight excluding hydrogens is 554 g/mol.